The number of halogens is 1. The van der Waals surface area contributed by atoms with Gasteiger partial charge in [0.05, 0.1) is 12.2 Å². The van der Waals surface area contributed by atoms with Crippen LogP contribution in [0.25, 0.3) is 0 Å². The van der Waals surface area contributed by atoms with E-state index < -0.39 is 20.7 Å². The van der Waals surface area contributed by atoms with E-state index in [9.17, 15) is 12.8 Å². The molecule has 0 aliphatic rings. The van der Waals surface area contributed by atoms with E-state index in [0.717, 1.165) is 12.1 Å². The lowest BCUT2D eigenvalue weighted by Crippen LogP contribution is -2.25. The number of nitrogen functional groups attached to an aromatic ring is 1. The molecule has 3 N–H and O–H groups in total. The molecule has 2 aromatic rings. The predicted molar refractivity (Wildman–Crippen MR) is 72.8 cm³/mol. The van der Waals surface area contributed by atoms with E-state index in [1.165, 1.54) is 4.68 Å². The maximum absolute atomic E-state index is 13.8. The van der Waals surface area contributed by atoms with Crippen molar-refractivity contribution >= 4 is 15.7 Å². The van der Waals surface area contributed by atoms with Crippen LogP contribution in [0.5, 0.6) is 0 Å². The normalized spacial score (nSPS) is 11.8. The molecule has 0 fully saturated rings. The summed E-state index contributed by atoms with van der Waals surface area (Å²) < 4.78 is 41.8. The minimum atomic E-state index is -3.97. The molecular weight excluding hydrogens is 283 g/mol. The van der Waals surface area contributed by atoms with Gasteiger partial charge in [-0.25, -0.2) is 17.5 Å². The molecule has 20 heavy (non-hydrogen) atoms. The van der Waals surface area contributed by atoms with Gasteiger partial charge >= 0.3 is 0 Å². The van der Waals surface area contributed by atoms with Crippen molar-refractivity contribution in [3.8, 4) is 0 Å². The molecule has 2 rings (SSSR count). The van der Waals surface area contributed by atoms with Gasteiger partial charge in [-0.3, -0.25) is 4.68 Å². The van der Waals surface area contributed by atoms with Crippen LogP contribution in [-0.4, -0.2) is 18.2 Å². The number of nitrogens with one attached hydrogen (secondary N) is 1. The number of anilines is 1. The molecular formula is C12H15FN4O2S. The number of aryl methyl sites for hydroxylation is 2. The van der Waals surface area contributed by atoms with Crippen LogP contribution in [0.1, 0.15) is 11.3 Å². The maximum atomic E-state index is 13.8. The summed E-state index contributed by atoms with van der Waals surface area (Å²) in [6.45, 7) is 1.63. The summed E-state index contributed by atoms with van der Waals surface area (Å²) in [4.78, 5) is -0.456. The third-order valence-corrected chi connectivity index (χ3v) is 4.39. The fourth-order valence-electron chi connectivity index (χ4n) is 1.70. The summed E-state index contributed by atoms with van der Waals surface area (Å²) in [5.41, 5.74) is 7.01. The standard InChI is InChI=1S/C12H15FN4O2S/c1-8-5-10(13)12(6-11(8)14)20(18,19)16-7-9-3-4-15-17(9)2/h3-6,16H,7,14H2,1-2H3. The Morgan fingerprint density at radius 1 is 1.45 bits per heavy atom. The third-order valence-electron chi connectivity index (χ3n) is 2.98. The first-order valence-electron chi connectivity index (χ1n) is 5.83. The van der Waals surface area contributed by atoms with Crippen LogP contribution < -0.4 is 10.5 Å². The Morgan fingerprint density at radius 2 is 2.15 bits per heavy atom. The Labute approximate surface area is 116 Å². The van der Waals surface area contributed by atoms with Crippen LogP contribution in [0.15, 0.2) is 29.3 Å². The molecule has 0 bridgehead atoms. The molecule has 1 aromatic carbocycles. The average molecular weight is 298 g/mol. The molecule has 0 aliphatic heterocycles. The largest absolute Gasteiger partial charge is 0.398 e. The molecule has 0 unspecified atom stereocenters. The first kappa shape index (κ1) is 14.5. The number of rotatable bonds is 4. The topological polar surface area (TPSA) is 90.0 Å². The van der Waals surface area contributed by atoms with Crippen molar-refractivity contribution in [3.63, 3.8) is 0 Å². The predicted octanol–water partition coefficient (Wildman–Crippen LogP) is 0.928. The maximum Gasteiger partial charge on any atom is 0.243 e. The molecule has 1 heterocycles. The highest BCUT2D eigenvalue weighted by molar-refractivity contribution is 7.89. The molecule has 6 nitrogen and oxygen atoms in total. The van der Waals surface area contributed by atoms with Gasteiger partial charge in [0.2, 0.25) is 10.0 Å². The Morgan fingerprint density at radius 3 is 2.75 bits per heavy atom. The molecule has 0 radical (unpaired) electrons. The second-order valence-corrected chi connectivity index (χ2v) is 6.15. The van der Waals surface area contributed by atoms with E-state index in [0.29, 0.717) is 11.3 Å². The van der Waals surface area contributed by atoms with Crippen LogP contribution in [0.4, 0.5) is 10.1 Å². The molecule has 108 valence electrons. The first-order chi connectivity index (χ1) is 9.31. The number of aromatic nitrogens is 2. The highest BCUT2D eigenvalue weighted by Gasteiger charge is 2.20. The number of benzene rings is 1. The number of nitrogens with two attached hydrogens (primary N) is 1. The Kier molecular flexibility index (Phi) is 3.78. The van der Waals surface area contributed by atoms with Crippen molar-refractivity contribution in [2.24, 2.45) is 7.05 Å². The minimum absolute atomic E-state index is 0.0199. The van der Waals surface area contributed by atoms with Crippen LogP contribution in [0.3, 0.4) is 0 Å². The monoisotopic (exact) mass is 298 g/mol. The average Bonchev–Trinajstić information content (AvgIpc) is 2.77. The van der Waals surface area contributed by atoms with Crippen molar-refractivity contribution in [3.05, 3.63) is 41.5 Å². The van der Waals surface area contributed by atoms with Crippen molar-refractivity contribution in [1.29, 1.82) is 0 Å². The van der Waals surface area contributed by atoms with E-state index >= 15 is 0 Å². The zero-order valence-electron chi connectivity index (χ0n) is 11.1. The van der Waals surface area contributed by atoms with Gasteiger partial charge in [-0.2, -0.15) is 5.10 Å². The number of nitrogens with zero attached hydrogens (tertiary/aromatic N) is 2. The summed E-state index contributed by atoms with van der Waals surface area (Å²) in [5, 5.41) is 3.92. The highest BCUT2D eigenvalue weighted by Crippen LogP contribution is 2.21. The SMILES string of the molecule is Cc1cc(F)c(S(=O)(=O)NCc2ccnn2C)cc1N. The summed E-state index contributed by atoms with van der Waals surface area (Å²) in [6.07, 6.45) is 1.55. The van der Waals surface area contributed by atoms with Gasteiger partial charge in [-0.05, 0) is 30.7 Å². The summed E-state index contributed by atoms with van der Waals surface area (Å²) in [5.74, 6) is -0.825. The van der Waals surface area contributed by atoms with Gasteiger partial charge in [-0.15, -0.1) is 0 Å². The van der Waals surface area contributed by atoms with Crippen LogP contribution >= 0.6 is 0 Å². The Bertz CT molecular complexity index is 740. The lowest BCUT2D eigenvalue weighted by molar-refractivity contribution is 0.554. The molecule has 0 saturated carbocycles. The molecule has 0 spiro atoms. The summed E-state index contributed by atoms with van der Waals surface area (Å²) in [7, 11) is -2.28. The second kappa shape index (κ2) is 5.22. The van der Waals surface area contributed by atoms with Gasteiger partial charge < -0.3 is 5.73 Å². The molecule has 8 heteroatoms. The quantitative estimate of drug-likeness (QED) is 0.822. The molecule has 0 atom stereocenters. The number of hydrogen-bond acceptors (Lipinski definition) is 4. The fourth-order valence-corrected chi connectivity index (χ4v) is 2.79. The van der Waals surface area contributed by atoms with Gasteiger partial charge in [-0.1, -0.05) is 0 Å². The van der Waals surface area contributed by atoms with E-state index in [1.807, 2.05) is 0 Å². The third kappa shape index (κ3) is 2.81. The molecule has 1 aromatic heterocycles. The van der Waals surface area contributed by atoms with Gasteiger partial charge in [0.1, 0.15) is 10.7 Å². The highest BCUT2D eigenvalue weighted by atomic mass is 32.2. The summed E-state index contributed by atoms with van der Waals surface area (Å²) >= 11 is 0. The van der Waals surface area contributed by atoms with E-state index in [1.54, 1.807) is 26.2 Å². The number of hydrogen-bond donors (Lipinski definition) is 2. The first-order valence-corrected chi connectivity index (χ1v) is 7.32. The zero-order valence-corrected chi connectivity index (χ0v) is 11.9. The smallest absolute Gasteiger partial charge is 0.243 e. The summed E-state index contributed by atoms with van der Waals surface area (Å²) in [6, 6.07) is 3.90. The van der Waals surface area contributed by atoms with Crippen LogP contribution in [-0.2, 0) is 23.6 Å². The Balaban J connectivity index is 2.27. The lowest BCUT2D eigenvalue weighted by Gasteiger charge is -2.10. The van der Waals surface area contributed by atoms with Gasteiger partial charge in [0.15, 0.2) is 0 Å². The van der Waals surface area contributed by atoms with E-state index in [4.69, 9.17) is 5.73 Å². The zero-order chi connectivity index (χ0) is 14.9. The molecule has 0 aliphatic carbocycles. The van der Waals surface area contributed by atoms with E-state index in [-0.39, 0.29) is 12.2 Å². The van der Waals surface area contributed by atoms with E-state index in [2.05, 4.69) is 9.82 Å². The number of sulfonamides is 1. The van der Waals surface area contributed by atoms with Crippen LogP contribution in [0.2, 0.25) is 0 Å². The second-order valence-electron chi connectivity index (χ2n) is 4.41. The van der Waals surface area contributed by atoms with Gasteiger partial charge in [0.25, 0.3) is 0 Å². The minimum Gasteiger partial charge on any atom is -0.398 e. The Hall–Kier alpha value is -1.93. The van der Waals surface area contributed by atoms with Crippen molar-refractivity contribution in [1.82, 2.24) is 14.5 Å². The van der Waals surface area contributed by atoms with Gasteiger partial charge in [0, 0.05) is 18.9 Å². The van der Waals surface area contributed by atoms with Crippen molar-refractivity contribution in [2.75, 3.05) is 5.73 Å². The fraction of sp³-hybridized carbons (Fsp3) is 0.250. The molecule has 0 saturated heterocycles. The molecule has 0 amide bonds. The lowest BCUT2D eigenvalue weighted by atomic mass is 10.2. The van der Waals surface area contributed by atoms with Crippen molar-refractivity contribution in [2.45, 2.75) is 18.4 Å². The van der Waals surface area contributed by atoms with Crippen molar-refractivity contribution < 1.29 is 12.8 Å². The van der Waals surface area contributed by atoms with Crippen LogP contribution in [0, 0.1) is 12.7 Å².